The van der Waals surface area contributed by atoms with Gasteiger partial charge >= 0.3 is 0 Å². The fourth-order valence-electron chi connectivity index (χ4n) is 4.76. The summed E-state index contributed by atoms with van der Waals surface area (Å²) in [6.45, 7) is 3.68. The zero-order valence-corrected chi connectivity index (χ0v) is 22.5. The predicted molar refractivity (Wildman–Crippen MR) is 151 cm³/mol. The molecule has 41 heavy (non-hydrogen) atoms. The van der Waals surface area contributed by atoms with Gasteiger partial charge in [-0.1, -0.05) is 41.5 Å². The number of halogens is 1. The number of Topliss-reactive ketones (excluding diaryl/α,β-unsaturated/α-hetero) is 1. The van der Waals surface area contributed by atoms with Gasteiger partial charge in [-0.25, -0.2) is 4.39 Å². The molecule has 6 rings (SSSR count). The van der Waals surface area contributed by atoms with Gasteiger partial charge in [-0.05, 0) is 66.6 Å². The standard InChI is InChI=1S/C32H26FN5O3/c1-19-9-10-24(25(33)13-19)21-15-22(28-18-30(40-37-28)26-7-3-5-11-34-26)17-23(16-21)29(39)14-20(2)32-36-31(38-41-32)27-8-4-6-12-35-27/h3-13,15-17,20,30H,14,18H2,1-2H3. The average Bonchev–Trinajstić information content (AvgIpc) is 3.69. The fraction of sp³-hybridized carbons (Fsp3) is 0.188. The molecule has 1 aliphatic heterocycles. The molecule has 2 unspecified atom stereocenters. The molecule has 0 amide bonds. The van der Waals surface area contributed by atoms with Gasteiger partial charge < -0.3 is 9.36 Å². The number of aromatic nitrogens is 4. The average molecular weight is 548 g/mol. The van der Waals surface area contributed by atoms with E-state index in [2.05, 4.69) is 25.3 Å². The predicted octanol–water partition coefficient (Wildman–Crippen LogP) is 6.88. The highest BCUT2D eigenvalue weighted by molar-refractivity contribution is 6.06. The summed E-state index contributed by atoms with van der Waals surface area (Å²) < 4.78 is 20.5. The number of hydrogen-bond acceptors (Lipinski definition) is 8. The summed E-state index contributed by atoms with van der Waals surface area (Å²) in [6, 6.07) is 21.4. The van der Waals surface area contributed by atoms with Crippen LogP contribution in [0.1, 0.15) is 64.9 Å². The lowest BCUT2D eigenvalue weighted by molar-refractivity contribution is 0.0826. The lowest BCUT2D eigenvalue weighted by Gasteiger charge is -2.12. The molecule has 2 aromatic carbocycles. The van der Waals surface area contributed by atoms with Crippen LogP contribution in [0.15, 0.2) is 94.9 Å². The van der Waals surface area contributed by atoms with Crippen LogP contribution < -0.4 is 0 Å². The van der Waals surface area contributed by atoms with E-state index in [0.717, 1.165) is 11.3 Å². The normalized spacial score (nSPS) is 15.3. The van der Waals surface area contributed by atoms with E-state index in [-0.39, 0.29) is 30.0 Å². The Labute approximate surface area is 235 Å². The summed E-state index contributed by atoms with van der Waals surface area (Å²) in [6.07, 6.45) is 3.61. The van der Waals surface area contributed by atoms with Crippen molar-refractivity contribution in [2.75, 3.05) is 0 Å². The van der Waals surface area contributed by atoms with Crippen molar-refractivity contribution in [2.24, 2.45) is 5.16 Å². The van der Waals surface area contributed by atoms with Crippen molar-refractivity contribution in [3.8, 4) is 22.6 Å². The molecule has 0 spiro atoms. The molecule has 0 saturated heterocycles. The zero-order valence-electron chi connectivity index (χ0n) is 22.5. The van der Waals surface area contributed by atoms with E-state index in [1.807, 2.05) is 50.2 Å². The van der Waals surface area contributed by atoms with Crippen molar-refractivity contribution in [1.29, 1.82) is 0 Å². The maximum absolute atomic E-state index is 15.1. The molecule has 5 aromatic rings. The van der Waals surface area contributed by atoms with Crippen LogP contribution in [0, 0.1) is 12.7 Å². The van der Waals surface area contributed by atoms with E-state index in [0.29, 0.717) is 51.8 Å². The number of hydrogen-bond donors (Lipinski definition) is 0. The largest absolute Gasteiger partial charge is 0.385 e. The quantitative estimate of drug-likeness (QED) is 0.195. The lowest BCUT2D eigenvalue weighted by Crippen LogP contribution is -2.09. The summed E-state index contributed by atoms with van der Waals surface area (Å²) in [5, 5.41) is 8.33. The van der Waals surface area contributed by atoms with Crippen LogP contribution in [0.4, 0.5) is 4.39 Å². The number of aryl methyl sites for hydroxylation is 1. The first-order valence-corrected chi connectivity index (χ1v) is 13.3. The van der Waals surface area contributed by atoms with E-state index < -0.39 is 0 Å². The first-order chi connectivity index (χ1) is 19.9. The number of carbonyl (C=O) groups is 1. The van der Waals surface area contributed by atoms with Crippen LogP contribution in [0.25, 0.3) is 22.6 Å². The molecule has 0 saturated carbocycles. The molecule has 1 aliphatic rings. The van der Waals surface area contributed by atoms with E-state index in [4.69, 9.17) is 9.36 Å². The van der Waals surface area contributed by atoms with E-state index in [9.17, 15) is 4.79 Å². The second-order valence-corrected chi connectivity index (χ2v) is 10.1. The molecule has 3 aromatic heterocycles. The molecular formula is C32H26FN5O3. The van der Waals surface area contributed by atoms with Crippen LogP contribution in [0.2, 0.25) is 0 Å². The molecule has 0 bridgehead atoms. The molecule has 9 heteroatoms. The summed E-state index contributed by atoms with van der Waals surface area (Å²) in [5.41, 5.74) is 4.92. The van der Waals surface area contributed by atoms with Crippen molar-refractivity contribution in [3.05, 3.63) is 119 Å². The van der Waals surface area contributed by atoms with Crippen molar-refractivity contribution in [3.63, 3.8) is 0 Å². The molecule has 4 heterocycles. The summed E-state index contributed by atoms with van der Waals surface area (Å²) in [7, 11) is 0. The van der Waals surface area contributed by atoms with E-state index >= 15 is 4.39 Å². The topological polar surface area (TPSA) is 103 Å². The fourth-order valence-corrected chi connectivity index (χ4v) is 4.76. The second kappa shape index (κ2) is 11.2. The van der Waals surface area contributed by atoms with Gasteiger partial charge in [-0.3, -0.25) is 14.8 Å². The molecule has 0 fully saturated rings. The Morgan fingerprint density at radius 2 is 1.80 bits per heavy atom. The molecule has 204 valence electrons. The number of nitrogens with zero attached hydrogens (tertiary/aromatic N) is 5. The Kier molecular flexibility index (Phi) is 7.16. The Balaban J connectivity index is 1.29. The molecule has 0 radical (unpaired) electrons. The molecule has 2 atom stereocenters. The van der Waals surface area contributed by atoms with Crippen molar-refractivity contribution in [2.45, 2.75) is 38.7 Å². The van der Waals surface area contributed by atoms with Gasteiger partial charge in [0.2, 0.25) is 11.7 Å². The van der Waals surface area contributed by atoms with Gasteiger partial charge in [0, 0.05) is 47.8 Å². The first kappa shape index (κ1) is 26.2. The maximum Gasteiger partial charge on any atom is 0.230 e. The highest BCUT2D eigenvalue weighted by Gasteiger charge is 2.27. The number of carbonyl (C=O) groups excluding carboxylic acids is 1. The Bertz CT molecular complexity index is 1740. The Hall–Kier alpha value is -5.05. The monoisotopic (exact) mass is 547 g/mol. The minimum absolute atomic E-state index is 0.114. The number of rotatable bonds is 8. The number of pyridine rings is 2. The van der Waals surface area contributed by atoms with E-state index in [1.165, 1.54) is 6.07 Å². The van der Waals surface area contributed by atoms with Crippen LogP contribution >= 0.6 is 0 Å². The minimum atomic E-state index is -0.363. The van der Waals surface area contributed by atoms with Gasteiger partial charge in [0.25, 0.3) is 0 Å². The minimum Gasteiger partial charge on any atom is -0.385 e. The third kappa shape index (κ3) is 5.65. The van der Waals surface area contributed by atoms with Crippen molar-refractivity contribution < 1.29 is 18.5 Å². The lowest BCUT2D eigenvalue weighted by atomic mass is 9.91. The van der Waals surface area contributed by atoms with E-state index in [1.54, 1.807) is 42.7 Å². The zero-order chi connectivity index (χ0) is 28.3. The van der Waals surface area contributed by atoms with Crippen LogP contribution in [0.3, 0.4) is 0 Å². The summed E-state index contributed by atoms with van der Waals surface area (Å²) in [4.78, 5) is 32.4. The SMILES string of the molecule is Cc1ccc(-c2cc(C(=O)CC(C)c3nc(-c4ccccn4)no3)cc(C3=NOC(c4ccccn4)C3)c2)c(F)c1. The van der Waals surface area contributed by atoms with Gasteiger partial charge in [-0.15, -0.1) is 0 Å². The van der Waals surface area contributed by atoms with Gasteiger partial charge in [0.1, 0.15) is 11.5 Å². The third-order valence-electron chi connectivity index (χ3n) is 6.96. The summed E-state index contributed by atoms with van der Waals surface area (Å²) in [5.74, 6) is -0.159. The van der Waals surface area contributed by atoms with Crippen LogP contribution in [-0.4, -0.2) is 31.6 Å². The molecular weight excluding hydrogens is 521 g/mol. The summed E-state index contributed by atoms with van der Waals surface area (Å²) >= 11 is 0. The molecule has 0 aliphatic carbocycles. The van der Waals surface area contributed by atoms with Gasteiger partial charge in [0.15, 0.2) is 11.9 Å². The highest BCUT2D eigenvalue weighted by Crippen LogP contribution is 2.33. The number of ketones is 1. The smallest absolute Gasteiger partial charge is 0.230 e. The maximum atomic E-state index is 15.1. The molecule has 8 nitrogen and oxygen atoms in total. The first-order valence-electron chi connectivity index (χ1n) is 13.3. The second-order valence-electron chi connectivity index (χ2n) is 10.1. The highest BCUT2D eigenvalue weighted by atomic mass is 19.1. The van der Waals surface area contributed by atoms with Crippen LogP contribution in [0.5, 0.6) is 0 Å². The number of oxime groups is 1. The van der Waals surface area contributed by atoms with Gasteiger partial charge in [-0.2, -0.15) is 4.98 Å². The third-order valence-corrected chi connectivity index (χ3v) is 6.96. The van der Waals surface area contributed by atoms with Crippen LogP contribution in [-0.2, 0) is 4.84 Å². The van der Waals surface area contributed by atoms with Crippen molar-refractivity contribution >= 4 is 11.5 Å². The van der Waals surface area contributed by atoms with Gasteiger partial charge in [0.05, 0.1) is 11.4 Å². The Morgan fingerprint density at radius 1 is 1.00 bits per heavy atom. The number of benzene rings is 2. The molecule has 0 N–H and O–H groups in total. The van der Waals surface area contributed by atoms with Crippen molar-refractivity contribution in [1.82, 2.24) is 20.1 Å². The Morgan fingerprint density at radius 3 is 2.56 bits per heavy atom.